The van der Waals surface area contributed by atoms with Crippen LogP contribution in [-0.4, -0.2) is 40.7 Å². The lowest BCUT2D eigenvalue weighted by atomic mass is 9.70. The fraction of sp³-hybridized carbons (Fsp3) is 0.652. The number of benzene rings is 1. The average molecular weight is 423 g/mol. The normalized spacial score (nSPS) is 26.4. The van der Waals surface area contributed by atoms with Crippen molar-refractivity contribution in [3.8, 4) is 17.2 Å². The van der Waals surface area contributed by atoms with E-state index in [9.17, 15) is 8.42 Å². The number of fused-ring (bicyclic) bond motifs is 1. The lowest BCUT2D eigenvalue weighted by molar-refractivity contribution is 0.312. The fourth-order valence-corrected chi connectivity index (χ4v) is 7.32. The molecule has 1 aliphatic heterocycles. The van der Waals surface area contributed by atoms with Crippen LogP contribution in [-0.2, 0) is 9.84 Å². The number of sulfone groups is 1. The summed E-state index contributed by atoms with van der Waals surface area (Å²) in [5.41, 5.74) is 4.21. The third-order valence-electron chi connectivity index (χ3n) is 6.70. The third kappa shape index (κ3) is 3.76. The van der Waals surface area contributed by atoms with Gasteiger partial charge in [-0.2, -0.15) is 0 Å². The average Bonchev–Trinajstić information content (AvgIpc) is 2.91. The molecule has 0 fully saturated rings. The molecular weight excluding hydrogens is 388 g/mol. The maximum atomic E-state index is 12.5. The van der Waals surface area contributed by atoms with Crippen LogP contribution in [0.2, 0.25) is 0 Å². The van der Waals surface area contributed by atoms with Gasteiger partial charge in [0.2, 0.25) is 0 Å². The van der Waals surface area contributed by atoms with Gasteiger partial charge in [-0.3, -0.25) is 0 Å². The molecule has 0 saturated carbocycles. The van der Waals surface area contributed by atoms with E-state index in [4.69, 9.17) is 14.2 Å². The van der Waals surface area contributed by atoms with Crippen molar-refractivity contribution < 1.29 is 22.6 Å². The van der Waals surface area contributed by atoms with Crippen molar-refractivity contribution >= 4 is 9.84 Å². The summed E-state index contributed by atoms with van der Waals surface area (Å²) in [5, 5.41) is -0.382. The first kappa shape index (κ1) is 22.0. The van der Waals surface area contributed by atoms with Gasteiger partial charge >= 0.3 is 0 Å². The number of ether oxygens (including phenoxy) is 3. The summed E-state index contributed by atoms with van der Waals surface area (Å²) in [6.45, 7) is 8.29. The Labute approximate surface area is 175 Å². The molecule has 0 N–H and O–H groups in total. The molecule has 1 unspecified atom stereocenters. The smallest absolute Gasteiger partial charge is 0.167 e. The zero-order valence-corrected chi connectivity index (χ0v) is 19.5. The second kappa shape index (κ2) is 8.21. The van der Waals surface area contributed by atoms with Crippen LogP contribution >= 0.6 is 0 Å². The Morgan fingerprint density at radius 2 is 1.62 bits per heavy atom. The highest BCUT2D eigenvalue weighted by Gasteiger charge is 2.39. The van der Waals surface area contributed by atoms with Crippen LogP contribution in [0.4, 0.5) is 0 Å². The summed E-state index contributed by atoms with van der Waals surface area (Å²) in [6, 6.07) is 0. The number of methoxy groups -OCH3 is 3. The van der Waals surface area contributed by atoms with Crippen LogP contribution in [0.3, 0.4) is 0 Å². The Hall–Kier alpha value is -1.69. The van der Waals surface area contributed by atoms with E-state index < -0.39 is 9.84 Å². The Morgan fingerprint density at radius 3 is 2.14 bits per heavy atom. The number of hydrogen-bond acceptors (Lipinski definition) is 5. The Kier molecular flexibility index (Phi) is 6.23. The highest BCUT2D eigenvalue weighted by Crippen LogP contribution is 2.55. The van der Waals surface area contributed by atoms with Gasteiger partial charge < -0.3 is 14.2 Å². The minimum atomic E-state index is -3.07. The maximum Gasteiger partial charge on any atom is 0.167 e. The molecule has 3 rings (SSSR count). The second-order valence-corrected chi connectivity index (χ2v) is 10.9. The second-order valence-electron chi connectivity index (χ2n) is 8.71. The summed E-state index contributed by atoms with van der Waals surface area (Å²) in [7, 11) is 1.96. The Balaban J connectivity index is 2.09. The van der Waals surface area contributed by atoms with Gasteiger partial charge in [-0.15, -0.1) is 0 Å². The van der Waals surface area contributed by atoms with E-state index in [0.717, 1.165) is 46.8 Å². The van der Waals surface area contributed by atoms with E-state index in [2.05, 4.69) is 13.8 Å². The quantitative estimate of drug-likeness (QED) is 0.618. The molecule has 0 saturated heterocycles. The van der Waals surface area contributed by atoms with Gasteiger partial charge in [0.05, 0.1) is 32.3 Å². The maximum absolute atomic E-state index is 12.5. The van der Waals surface area contributed by atoms with E-state index in [-0.39, 0.29) is 22.8 Å². The minimum absolute atomic E-state index is 0.191. The highest BCUT2D eigenvalue weighted by atomic mass is 32.2. The SMILES string of the molecule is COc1c(C)c(OC)c2c(c1OC)[C@@H](C)CC[C@H]2[C@@H](C)CC1C=C(C)CS1(=O)=O. The van der Waals surface area contributed by atoms with Crippen molar-refractivity contribution in [3.63, 3.8) is 0 Å². The van der Waals surface area contributed by atoms with Crippen molar-refractivity contribution in [1.29, 1.82) is 0 Å². The molecule has 4 atom stereocenters. The van der Waals surface area contributed by atoms with Gasteiger partial charge in [-0.25, -0.2) is 8.42 Å². The van der Waals surface area contributed by atoms with Crippen LogP contribution in [0.1, 0.15) is 68.6 Å². The molecule has 0 amide bonds. The van der Waals surface area contributed by atoms with Crippen molar-refractivity contribution in [2.24, 2.45) is 5.92 Å². The van der Waals surface area contributed by atoms with Gasteiger partial charge in [-0.05, 0) is 50.9 Å². The van der Waals surface area contributed by atoms with Gasteiger partial charge in [0.1, 0.15) is 5.75 Å². The molecule has 0 radical (unpaired) electrons. The fourth-order valence-electron chi connectivity index (χ4n) is 5.34. The summed E-state index contributed by atoms with van der Waals surface area (Å²) in [5.74, 6) is 3.30. The van der Waals surface area contributed by atoms with Crippen molar-refractivity contribution in [2.75, 3.05) is 27.1 Å². The zero-order valence-electron chi connectivity index (χ0n) is 18.7. The van der Waals surface area contributed by atoms with Crippen molar-refractivity contribution in [1.82, 2.24) is 0 Å². The van der Waals surface area contributed by atoms with E-state index >= 15 is 0 Å². The lowest BCUT2D eigenvalue weighted by Gasteiger charge is -2.37. The Morgan fingerprint density at radius 1 is 1.00 bits per heavy atom. The molecule has 5 nitrogen and oxygen atoms in total. The molecule has 0 spiro atoms. The van der Waals surface area contributed by atoms with Gasteiger partial charge in [0, 0.05) is 16.7 Å². The highest BCUT2D eigenvalue weighted by molar-refractivity contribution is 7.92. The van der Waals surface area contributed by atoms with Crippen molar-refractivity contribution in [2.45, 2.75) is 64.0 Å². The van der Waals surface area contributed by atoms with Crippen LogP contribution in [0.5, 0.6) is 17.2 Å². The van der Waals surface area contributed by atoms with Crippen LogP contribution in [0.25, 0.3) is 0 Å². The standard InChI is InChI=1S/C23H34O5S/c1-13-10-17(29(24,25)12-13)11-15(3)18-9-8-14(2)19-20(18)21(26-5)16(4)22(27-6)23(19)28-7/h10,14-15,17-18H,8-9,11-12H2,1-7H3/t14-,15-,17?,18-/m0/s1. The summed E-state index contributed by atoms with van der Waals surface area (Å²) < 4.78 is 42.4. The summed E-state index contributed by atoms with van der Waals surface area (Å²) in [4.78, 5) is 0. The molecule has 1 aromatic carbocycles. The first-order chi connectivity index (χ1) is 13.7. The predicted molar refractivity (Wildman–Crippen MR) is 116 cm³/mol. The van der Waals surface area contributed by atoms with Gasteiger partial charge in [0.25, 0.3) is 0 Å². The first-order valence-electron chi connectivity index (χ1n) is 10.4. The molecule has 1 aliphatic carbocycles. The molecule has 2 aliphatic rings. The molecule has 162 valence electrons. The molecule has 1 heterocycles. The minimum Gasteiger partial charge on any atom is -0.496 e. The molecular formula is C23H34O5S. The van der Waals surface area contributed by atoms with E-state index in [1.54, 1.807) is 21.3 Å². The Bertz CT molecular complexity index is 916. The van der Waals surface area contributed by atoms with Crippen LogP contribution < -0.4 is 14.2 Å². The molecule has 29 heavy (non-hydrogen) atoms. The van der Waals surface area contributed by atoms with Gasteiger partial charge in [-0.1, -0.05) is 25.5 Å². The summed E-state index contributed by atoms with van der Waals surface area (Å²) in [6.07, 6.45) is 4.61. The number of hydrogen-bond donors (Lipinski definition) is 0. The molecule has 0 bridgehead atoms. The lowest BCUT2D eigenvalue weighted by Crippen LogP contribution is -2.26. The van der Waals surface area contributed by atoms with Gasteiger partial charge in [0.15, 0.2) is 21.3 Å². The molecule has 0 aromatic heterocycles. The number of rotatable bonds is 6. The summed E-state index contributed by atoms with van der Waals surface area (Å²) >= 11 is 0. The first-order valence-corrected chi connectivity index (χ1v) is 12.1. The van der Waals surface area contributed by atoms with E-state index in [1.807, 2.05) is 19.9 Å². The van der Waals surface area contributed by atoms with Crippen LogP contribution in [0.15, 0.2) is 11.6 Å². The molecule has 1 aromatic rings. The van der Waals surface area contributed by atoms with Crippen LogP contribution in [0, 0.1) is 12.8 Å². The largest absolute Gasteiger partial charge is 0.496 e. The topological polar surface area (TPSA) is 61.8 Å². The van der Waals surface area contributed by atoms with E-state index in [1.165, 1.54) is 5.56 Å². The third-order valence-corrected chi connectivity index (χ3v) is 8.81. The zero-order chi connectivity index (χ0) is 21.5. The molecule has 6 heteroatoms. The monoisotopic (exact) mass is 422 g/mol. The predicted octanol–water partition coefficient (Wildman–Crippen LogP) is 4.77. The van der Waals surface area contributed by atoms with E-state index in [0.29, 0.717) is 12.3 Å². The van der Waals surface area contributed by atoms with Crippen molar-refractivity contribution in [3.05, 3.63) is 28.3 Å².